The smallest absolute Gasteiger partial charge is 0.416 e. The molecule has 0 bridgehead atoms. The molecule has 0 saturated carbocycles. The van der Waals surface area contributed by atoms with Gasteiger partial charge in [-0.1, -0.05) is 24.3 Å². The van der Waals surface area contributed by atoms with E-state index in [9.17, 15) is 18.0 Å². The van der Waals surface area contributed by atoms with E-state index >= 15 is 0 Å². The van der Waals surface area contributed by atoms with Gasteiger partial charge < -0.3 is 10.0 Å². The molecular weight excluding hydrogens is 381 g/mol. The number of benzene rings is 2. The number of carboxylic acids is 1. The summed E-state index contributed by atoms with van der Waals surface area (Å²) in [6, 6.07) is 13.3. The Morgan fingerprint density at radius 1 is 1.03 bits per heavy atom. The van der Waals surface area contributed by atoms with Crippen LogP contribution in [-0.2, 0) is 23.9 Å². The van der Waals surface area contributed by atoms with E-state index in [-0.39, 0.29) is 18.5 Å². The van der Waals surface area contributed by atoms with Crippen LogP contribution in [-0.4, -0.2) is 41.1 Å². The molecule has 3 rings (SSSR count). The van der Waals surface area contributed by atoms with Crippen LogP contribution in [0.15, 0.2) is 48.5 Å². The van der Waals surface area contributed by atoms with Crippen molar-refractivity contribution >= 4 is 11.7 Å². The summed E-state index contributed by atoms with van der Waals surface area (Å²) in [6.07, 6.45) is -4.33. The molecule has 1 aliphatic rings. The van der Waals surface area contributed by atoms with Crippen molar-refractivity contribution < 1.29 is 23.1 Å². The monoisotopic (exact) mass is 406 g/mol. The van der Waals surface area contributed by atoms with Gasteiger partial charge in [0.2, 0.25) is 0 Å². The minimum absolute atomic E-state index is 0.000641. The average Bonchev–Trinajstić information content (AvgIpc) is 2.64. The highest BCUT2D eigenvalue weighted by Crippen LogP contribution is 2.31. The summed E-state index contributed by atoms with van der Waals surface area (Å²) in [5.41, 5.74) is 1.99. The van der Waals surface area contributed by atoms with Gasteiger partial charge in [-0.2, -0.15) is 13.2 Å². The predicted octanol–water partition coefficient (Wildman–Crippen LogP) is 4.43. The second kappa shape index (κ2) is 8.45. The van der Waals surface area contributed by atoms with E-state index in [1.165, 1.54) is 12.1 Å². The molecule has 2 aromatic rings. The van der Waals surface area contributed by atoms with Crippen molar-refractivity contribution in [2.24, 2.45) is 0 Å². The Morgan fingerprint density at radius 3 is 2.17 bits per heavy atom. The number of aliphatic carboxylic acids is 1. The summed E-state index contributed by atoms with van der Waals surface area (Å²) in [4.78, 5) is 15.4. The third-order valence-electron chi connectivity index (χ3n) is 5.37. The molecule has 1 saturated heterocycles. The third kappa shape index (κ3) is 5.29. The van der Waals surface area contributed by atoms with Crippen molar-refractivity contribution in [3.8, 4) is 0 Å². The summed E-state index contributed by atoms with van der Waals surface area (Å²) in [5.74, 6) is -0.853. The lowest BCUT2D eigenvalue weighted by Gasteiger charge is -2.45. The molecule has 156 valence electrons. The SMILES string of the molecule is C[C@@H]1CN(c2ccc(C(F)(F)F)cc2)C[C@H](C)N1Cc1cccc(CC(=O)O)c1. The molecule has 1 heterocycles. The fourth-order valence-corrected chi connectivity index (χ4v) is 3.96. The van der Waals surface area contributed by atoms with Crippen LogP contribution in [0.3, 0.4) is 0 Å². The summed E-state index contributed by atoms with van der Waals surface area (Å²) in [7, 11) is 0. The van der Waals surface area contributed by atoms with Gasteiger partial charge in [-0.15, -0.1) is 0 Å². The summed E-state index contributed by atoms with van der Waals surface area (Å²) < 4.78 is 38.4. The first-order valence-corrected chi connectivity index (χ1v) is 9.61. The molecule has 0 amide bonds. The number of rotatable bonds is 5. The van der Waals surface area contributed by atoms with Crippen molar-refractivity contribution in [2.45, 2.75) is 45.1 Å². The molecule has 4 nitrogen and oxygen atoms in total. The fourth-order valence-electron chi connectivity index (χ4n) is 3.96. The highest BCUT2D eigenvalue weighted by molar-refractivity contribution is 5.70. The second-order valence-corrected chi connectivity index (χ2v) is 7.71. The Hall–Kier alpha value is -2.54. The van der Waals surface area contributed by atoms with Crippen molar-refractivity contribution in [1.82, 2.24) is 4.90 Å². The molecule has 2 atom stereocenters. The Labute approximate surface area is 168 Å². The minimum Gasteiger partial charge on any atom is -0.481 e. The van der Waals surface area contributed by atoms with Crippen LogP contribution in [0.2, 0.25) is 0 Å². The van der Waals surface area contributed by atoms with Gasteiger partial charge in [-0.25, -0.2) is 0 Å². The van der Waals surface area contributed by atoms with E-state index in [1.54, 1.807) is 0 Å². The van der Waals surface area contributed by atoms with Crippen LogP contribution < -0.4 is 4.90 Å². The van der Waals surface area contributed by atoms with E-state index < -0.39 is 17.7 Å². The van der Waals surface area contributed by atoms with Crippen molar-refractivity contribution in [3.05, 3.63) is 65.2 Å². The topological polar surface area (TPSA) is 43.8 Å². The van der Waals surface area contributed by atoms with Gasteiger partial charge in [0.15, 0.2) is 0 Å². The molecule has 1 N–H and O–H groups in total. The fraction of sp³-hybridized carbons (Fsp3) is 0.409. The molecule has 2 aromatic carbocycles. The summed E-state index contributed by atoms with van der Waals surface area (Å²) >= 11 is 0. The second-order valence-electron chi connectivity index (χ2n) is 7.71. The molecule has 1 aliphatic heterocycles. The maximum atomic E-state index is 12.8. The van der Waals surface area contributed by atoms with E-state index in [4.69, 9.17) is 5.11 Å². The normalized spacial score (nSPS) is 20.7. The van der Waals surface area contributed by atoms with Gasteiger partial charge in [0.05, 0.1) is 12.0 Å². The molecular formula is C22H25F3N2O2. The van der Waals surface area contributed by atoms with Gasteiger partial charge >= 0.3 is 12.1 Å². The number of anilines is 1. The van der Waals surface area contributed by atoms with Crippen molar-refractivity contribution in [3.63, 3.8) is 0 Å². The number of hydrogen-bond acceptors (Lipinski definition) is 3. The van der Waals surface area contributed by atoms with Crippen LogP contribution in [0.4, 0.5) is 18.9 Å². The average molecular weight is 406 g/mol. The first-order valence-electron chi connectivity index (χ1n) is 9.61. The minimum atomic E-state index is -4.33. The molecule has 7 heteroatoms. The van der Waals surface area contributed by atoms with Crippen molar-refractivity contribution in [2.75, 3.05) is 18.0 Å². The van der Waals surface area contributed by atoms with E-state index in [0.29, 0.717) is 19.6 Å². The zero-order chi connectivity index (χ0) is 21.2. The number of carbonyl (C=O) groups is 1. The Morgan fingerprint density at radius 2 is 1.62 bits per heavy atom. The lowest BCUT2D eigenvalue weighted by Crippen LogP contribution is -2.56. The number of carboxylic acid groups (broad SMARTS) is 1. The van der Waals surface area contributed by atoms with Crippen LogP contribution in [0.25, 0.3) is 0 Å². The number of piperazine rings is 1. The molecule has 1 fully saturated rings. The van der Waals surface area contributed by atoms with E-state index in [1.807, 2.05) is 24.3 Å². The van der Waals surface area contributed by atoms with Gasteiger partial charge in [-0.3, -0.25) is 9.69 Å². The Balaban J connectivity index is 1.68. The van der Waals surface area contributed by atoms with Crippen LogP contribution >= 0.6 is 0 Å². The maximum Gasteiger partial charge on any atom is 0.416 e. The molecule has 29 heavy (non-hydrogen) atoms. The van der Waals surface area contributed by atoms with Crippen LogP contribution in [0.1, 0.15) is 30.5 Å². The third-order valence-corrected chi connectivity index (χ3v) is 5.37. The van der Waals surface area contributed by atoms with E-state index in [0.717, 1.165) is 28.9 Å². The van der Waals surface area contributed by atoms with Gasteiger partial charge in [-0.05, 0) is 49.2 Å². The quantitative estimate of drug-likeness (QED) is 0.798. The summed E-state index contributed by atoms with van der Waals surface area (Å²) in [6.45, 7) is 6.34. The Kier molecular flexibility index (Phi) is 6.17. The first kappa shape index (κ1) is 21.2. The van der Waals surface area contributed by atoms with Gasteiger partial charge in [0.25, 0.3) is 0 Å². The Bertz CT molecular complexity index is 840. The summed E-state index contributed by atoms with van der Waals surface area (Å²) in [5, 5.41) is 8.98. The predicted molar refractivity (Wildman–Crippen MR) is 106 cm³/mol. The molecule has 0 aromatic heterocycles. The highest BCUT2D eigenvalue weighted by atomic mass is 19.4. The van der Waals surface area contributed by atoms with Crippen molar-refractivity contribution in [1.29, 1.82) is 0 Å². The van der Waals surface area contributed by atoms with E-state index in [2.05, 4.69) is 23.6 Å². The number of nitrogens with zero attached hydrogens (tertiary/aromatic N) is 2. The first-order chi connectivity index (χ1) is 13.6. The lowest BCUT2D eigenvalue weighted by molar-refractivity contribution is -0.138. The molecule has 0 spiro atoms. The number of alkyl halides is 3. The molecule has 0 aliphatic carbocycles. The van der Waals surface area contributed by atoms with Crippen LogP contribution in [0, 0.1) is 0 Å². The van der Waals surface area contributed by atoms with Gasteiger partial charge in [0, 0.05) is 37.4 Å². The number of halogens is 3. The highest BCUT2D eigenvalue weighted by Gasteiger charge is 2.32. The maximum absolute atomic E-state index is 12.8. The van der Waals surface area contributed by atoms with Gasteiger partial charge in [0.1, 0.15) is 0 Å². The van der Waals surface area contributed by atoms with Crippen LogP contribution in [0.5, 0.6) is 0 Å². The zero-order valence-electron chi connectivity index (χ0n) is 16.5. The molecule has 0 unspecified atom stereocenters. The number of hydrogen-bond donors (Lipinski definition) is 1. The standard InChI is InChI=1S/C22H25F3N2O2/c1-15-12-26(20-8-6-19(7-9-20)22(23,24)25)13-16(2)27(15)14-18-5-3-4-17(10-18)11-21(28)29/h3-10,15-16H,11-14H2,1-2H3,(H,28,29)/t15-,16+. The largest absolute Gasteiger partial charge is 0.481 e. The lowest BCUT2D eigenvalue weighted by atomic mass is 10.0. The zero-order valence-corrected chi connectivity index (χ0v) is 16.5. The molecule has 0 radical (unpaired) electrons.